The Morgan fingerprint density at radius 3 is 2.92 bits per heavy atom. The van der Waals surface area contributed by atoms with E-state index >= 15 is 0 Å². The van der Waals surface area contributed by atoms with E-state index in [4.69, 9.17) is 5.11 Å². The number of fused-ring (bicyclic) bond motifs is 1. The molecule has 1 saturated heterocycles. The van der Waals surface area contributed by atoms with Gasteiger partial charge in [-0.15, -0.1) is 0 Å². The minimum Gasteiger partial charge on any atom is -0.481 e. The highest BCUT2D eigenvalue weighted by Crippen LogP contribution is 2.22. The van der Waals surface area contributed by atoms with Crippen LogP contribution in [0, 0.1) is 5.92 Å². The number of aryl methyl sites for hydroxylation is 1. The molecule has 1 aromatic heterocycles. The molecular weight excluding hydrogens is 306 g/mol. The van der Waals surface area contributed by atoms with Gasteiger partial charge in [-0.25, -0.2) is 4.79 Å². The summed E-state index contributed by atoms with van der Waals surface area (Å²) < 4.78 is 2.20. The highest BCUT2D eigenvalue weighted by atomic mass is 16.4. The maximum absolute atomic E-state index is 12.4. The number of urea groups is 1. The summed E-state index contributed by atoms with van der Waals surface area (Å²) in [6.07, 6.45) is 4.49. The van der Waals surface area contributed by atoms with E-state index in [1.54, 1.807) is 4.90 Å². The van der Waals surface area contributed by atoms with Crippen LogP contribution >= 0.6 is 0 Å². The van der Waals surface area contributed by atoms with Crippen molar-refractivity contribution in [2.45, 2.75) is 32.7 Å². The van der Waals surface area contributed by atoms with Crippen molar-refractivity contribution in [2.75, 3.05) is 18.4 Å². The Morgan fingerprint density at radius 2 is 2.17 bits per heavy atom. The van der Waals surface area contributed by atoms with Gasteiger partial charge in [0, 0.05) is 42.4 Å². The minimum atomic E-state index is -0.828. The summed E-state index contributed by atoms with van der Waals surface area (Å²) in [7, 11) is 0. The number of anilines is 1. The average Bonchev–Trinajstić information content (AvgIpc) is 2.97. The third kappa shape index (κ3) is 3.37. The molecule has 1 fully saturated rings. The molecule has 0 radical (unpaired) electrons. The number of hydrogen-bond acceptors (Lipinski definition) is 2. The third-order valence-electron chi connectivity index (χ3n) is 4.54. The zero-order chi connectivity index (χ0) is 17.1. The van der Waals surface area contributed by atoms with Crippen LogP contribution in [0.15, 0.2) is 30.5 Å². The van der Waals surface area contributed by atoms with Crippen molar-refractivity contribution in [3.8, 4) is 0 Å². The molecule has 128 valence electrons. The number of benzene rings is 1. The molecule has 1 aromatic carbocycles. The highest BCUT2D eigenvalue weighted by Gasteiger charge is 2.28. The number of aromatic nitrogens is 1. The van der Waals surface area contributed by atoms with Crippen molar-refractivity contribution >= 4 is 28.6 Å². The molecule has 1 atom stereocenters. The predicted octanol–water partition coefficient (Wildman–Crippen LogP) is 3.38. The van der Waals surface area contributed by atoms with Crippen molar-refractivity contribution in [2.24, 2.45) is 5.92 Å². The van der Waals surface area contributed by atoms with Crippen LogP contribution in [-0.2, 0) is 11.3 Å². The van der Waals surface area contributed by atoms with Gasteiger partial charge in [0.25, 0.3) is 0 Å². The van der Waals surface area contributed by atoms with Gasteiger partial charge in [0.15, 0.2) is 0 Å². The maximum Gasteiger partial charge on any atom is 0.321 e. The Bertz CT molecular complexity index is 753. The SMILES string of the molecule is CCCn1ccc2cc(NC(=O)N3CCCC(C(=O)O)C3)ccc21. The quantitative estimate of drug-likeness (QED) is 0.903. The first kappa shape index (κ1) is 16.4. The third-order valence-corrected chi connectivity index (χ3v) is 4.54. The number of likely N-dealkylation sites (tertiary alicyclic amines) is 1. The van der Waals surface area contributed by atoms with Gasteiger partial charge in [0.1, 0.15) is 0 Å². The second kappa shape index (κ2) is 6.95. The van der Waals surface area contributed by atoms with Crippen LogP contribution in [0.3, 0.4) is 0 Å². The summed E-state index contributed by atoms with van der Waals surface area (Å²) >= 11 is 0. The molecule has 2 aromatic rings. The first-order valence-electron chi connectivity index (χ1n) is 8.46. The van der Waals surface area contributed by atoms with Gasteiger partial charge in [-0.1, -0.05) is 6.92 Å². The van der Waals surface area contributed by atoms with Crippen molar-refractivity contribution in [3.05, 3.63) is 30.5 Å². The molecule has 0 spiro atoms. The maximum atomic E-state index is 12.4. The van der Waals surface area contributed by atoms with E-state index in [1.165, 1.54) is 0 Å². The topological polar surface area (TPSA) is 74.6 Å². The van der Waals surface area contributed by atoms with Crippen LogP contribution in [0.4, 0.5) is 10.5 Å². The number of carbonyl (C=O) groups excluding carboxylic acids is 1. The highest BCUT2D eigenvalue weighted by molar-refractivity contribution is 5.93. The van der Waals surface area contributed by atoms with Gasteiger partial charge in [0.05, 0.1) is 5.92 Å². The predicted molar refractivity (Wildman–Crippen MR) is 93.2 cm³/mol. The average molecular weight is 329 g/mol. The lowest BCUT2D eigenvalue weighted by molar-refractivity contribution is -0.143. The minimum absolute atomic E-state index is 0.228. The van der Waals surface area contributed by atoms with Crippen molar-refractivity contribution in [1.82, 2.24) is 9.47 Å². The van der Waals surface area contributed by atoms with Gasteiger partial charge < -0.3 is 19.9 Å². The molecule has 0 saturated carbocycles. The summed E-state index contributed by atoms with van der Waals surface area (Å²) in [4.78, 5) is 25.1. The van der Waals surface area contributed by atoms with Gasteiger partial charge in [-0.3, -0.25) is 4.79 Å². The molecule has 2 N–H and O–H groups in total. The largest absolute Gasteiger partial charge is 0.481 e. The number of rotatable bonds is 4. The summed E-state index contributed by atoms with van der Waals surface area (Å²) in [6, 6.07) is 7.68. The van der Waals surface area contributed by atoms with E-state index in [0.29, 0.717) is 13.0 Å². The summed E-state index contributed by atoms with van der Waals surface area (Å²) in [6.45, 7) is 3.99. The van der Waals surface area contributed by atoms with E-state index in [1.807, 2.05) is 24.3 Å². The number of aliphatic carboxylic acids is 1. The summed E-state index contributed by atoms with van der Waals surface area (Å²) in [5, 5.41) is 13.1. The van der Waals surface area contributed by atoms with Crippen LogP contribution in [0.5, 0.6) is 0 Å². The molecule has 6 nitrogen and oxygen atoms in total. The standard InChI is InChI=1S/C18H23N3O3/c1-2-8-20-10-7-13-11-15(5-6-16(13)20)19-18(24)21-9-3-4-14(12-21)17(22)23/h5-7,10-11,14H,2-4,8-9,12H2,1H3,(H,19,24)(H,22,23). The first-order chi connectivity index (χ1) is 11.6. The van der Waals surface area contributed by atoms with Gasteiger partial charge in [-0.2, -0.15) is 0 Å². The normalized spacial score (nSPS) is 17.9. The van der Waals surface area contributed by atoms with E-state index in [0.717, 1.165) is 36.0 Å². The van der Waals surface area contributed by atoms with Gasteiger partial charge in [-0.05, 0) is 43.5 Å². The Balaban J connectivity index is 1.70. The lowest BCUT2D eigenvalue weighted by Gasteiger charge is -2.30. The zero-order valence-corrected chi connectivity index (χ0v) is 13.9. The number of hydrogen-bond donors (Lipinski definition) is 2. The van der Waals surface area contributed by atoms with E-state index in [9.17, 15) is 9.59 Å². The number of carboxylic acids is 1. The molecule has 24 heavy (non-hydrogen) atoms. The van der Waals surface area contributed by atoms with Crippen molar-refractivity contribution < 1.29 is 14.7 Å². The molecule has 1 aliphatic rings. The van der Waals surface area contributed by atoms with Crippen molar-refractivity contribution in [3.63, 3.8) is 0 Å². The number of nitrogens with zero attached hydrogens (tertiary/aromatic N) is 2. The second-order valence-electron chi connectivity index (χ2n) is 6.34. The number of carbonyl (C=O) groups is 2. The number of amides is 2. The Kier molecular flexibility index (Phi) is 4.74. The lowest BCUT2D eigenvalue weighted by Crippen LogP contribution is -2.44. The van der Waals surface area contributed by atoms with Crippen molar-refractivity contribution in [1.29, 1.82) is 0 Å². The summed E-state index contributed by atoms with van der Waals surface area (Å²) in [5.74, 6) is -1.29. The van der Waals surface area contributed by atoms with E-state index in [-0.39, 0.29) is 12.6 Å². The molecule has 0 aliphatic carbocycles. The fraction of sp³-hybridized carbons (Fsp3) is 0.444. The fourth-order valence-electron chi connectivity index (χ4n) is 3.28. The molecule has 1 aliphatic heterocycles. The Labute approximate surface area is 141 Å². The molecule has 0 bridgehead atoms. The van der Waals surface area contributed by atoms with Crippen LogP contribution < -0.4 is 5.32 Å². The molecule has 1 unspecified atom stereocenters. The Hall–Kier alpha value is -2.50. The molecule has 2 amide bonds. The van der Waals surface area contributed by atoms with Crippen LogP contribution in [0.25, 0.3) is 10.9 Å². The van der Waals surface area contributed by atoms with E-state index in [2.05, 4.69) is 23.0 Å². The van der Waals surface area contributed by atoms with Crippen LogP contribution in [0.2, 0.25) is 0 Å². The zero-order valence-electron chi connectivity index (χ0n) is 13.9. The number of piperidine rings is 1. The lowest BCUT2D eigenvalue weighted by atomic mass is 9.99. The van der Waals surface area contributed by atoms with Crippen LogP contribution in [-0.4, -0.2) is 39.7 Å². The molecule has 6 heteroatoms. The first-order valence-corrected chi connectivity index (χ1v) is 8.46. The molecular formula is C18H23N3O3. The second-order valence-corrected chi connectivity index (χ2v) is 6.34. The van der Waals surface area contributed by atoms with Gasteiger partial charge in [0.2, 0.25) is 0 Å². The molecule has 2 heterocycles. The Morgan fingerprint density at radius 1 is 1.33 bits per heavy atom. The van der Waals surface area contributed by atoms with Crippen LogP contribution in [0.1, 0.15) is 26.2 Å². The molecule has 3 rings (SSSR count). The number of carboxylic acid groups (broad SMARTS) is 1. The van der Waals surface area contributed by atoms with Gasteiger partial charge >= 0.3 is 12.0 Å². The monoisotopic (exact) mass is 329 g/mol. The number of nitrogens with one attached hydrogen (secondary N) is 1. The smallest absolute Gasteiger partial charge is 0.321 e. The fourth-order valence-corrected chi connectivity index (χ4v) is 3.28. The van der Waals surface area contributed by atoms with E-state index < -0.39 is 11.9 Å². The summed E-state index contributed by atoms with van der Waals surface area (Å²) in [5.41, 5.74) is 1.89.